The van der Waals surface area contributed by atoms with Crippen molar-refractivity contribution in [2.75, 3.05) is 7.11 Å². The van der Waals surface area contributed by atoms with E-state index in [-0.39, 0.29) is 12.2 Å². The van der Waals surface area contributed by atoms with E-state index in [1.165, 1.54) is 23.8 Å². The molecule has 0 amide bonds. The van der Waals surface area contributed by atoms with E-state index in [4.69, 9.17) is 21.1 Å². The molecule has 0 aliphatic rings. The van der Waals surface area contributed by atoms with Crippen molar-refractivity contribution in [1.82, 2.24) is 9.38 Å². The van der Waals surface area contributed by atoms with Crippen LogP contribution in [0.1, 0.15) is 16.1 Å². The normalized spacial score (nSPS) is 10.6. The Morgan fingerprint density at radius 2 is 2.08 bits per heavy atom. The van der Waals surface area contributed by atoms with Gasteiger partial charge in [0.05, 0.1) is 23.4 Å². The molecule has 2 aromatic heterocycles. The van der Waals surface area contributed by atoms with Crippen molar-refractivity contribution in [3.8, 4) is 5.75 Å². The Morgan fingerprint density at radius 1 is 1.25 bits per heavy atom. The Morgan fingerprint density at radius 3 is 2.88 bits per heavy atom. The van der Waals surface area contributed by atoms with Crippen molar-refractivity contribution >= 4 is 23.2 Å². The Bertz CT molecular complexity index is 968. The van der Waals surface area contributed by atoms with Crippen molar-refractivity contribution in [1.29, 1.82) is 0 Å². The van der Waals surface area contributed by atoms with E-state index in [2.05, 4.69) is 4.98 Å². The zero-order valence-electron chi connectivity index (χ0n) is 12.7. The van der Waals surface area contributed by atoms with Crippen LogP contribution in [0, 0.1) is 0 Å². The number of benzene rings is 1. The molecule has 2 heterocycles. The van der Waals surface area contributed by atoms with Crippen molar-refractivity contribution in [3.63, 3.8) is 0 Å². The molecule has 7 heteroatoms. The first kappa shape index (κ1) is 16.0. The van der Waals surface area contributed by atoms with Crippen LogP contribution in [0.15, 0.2) is 53.5 Å². The lowest BCUT2D eigenvalue weighted by molar-refractivity contribution is 0.0467. The monoisotopic (exact) mass is 344 g/mol. The van der Waals surface area contributed by atoms with Crippen LogP contribution in [0.5, 0.6) is 5.75 Å². The number of rotatable bonds is 4. The fraction of sp³-hybridized carbons (Fsp3) is 0.118. The fourth-order valence-electron chi connectivity index (χ4n) is 2.17. The summed E-state index contributed by atoms with van der Waals surface area (Å²) in [6, 6.07) is 11.2. The summed E-state index contributed by atoms with van der Waals surface area (Å²) in [5.41, 5.74) is 0.853. The van der Waals surface area contributed by atoms with Crippen molar-refractivity contribution < 1.29 is 14.3 Å². The largest absolute Gasteiger partial charge is 0.497 e. The lowest BCUT2D eigenvalue weighted by Crippen LogP contribution is -2.16. The lowest BCUT2D eigenvalue weighted by Gasteiger charge is -2.07. The van der Waals surface area contributed by atoms with E-state index >= 15 is 0 Å². The zero-order chi connectivity index (χ0) is 17.1. The van der Waals surface area contributed by atoms with Gasteiger partial charge in [0.1, 0.15) is 18.0 Å². The van der Waals surface area contributed by atoms with Gasteiger partial charge < -0.3 is 9.47 Å². The maximum atomic E-state index is 12.1. The summed E-state index contributed by atoms with van der Waals surface area (Å²) in [6.45, 7) is -0.107. The molecule has 24 heavy (non-hydrogen) atoms. The molecular weight excluding hydrogens is 332 g/mol. The van der Waals surface area contributed by atoms with Crippen LogP contribution in [0.4, 0.5) is 0 Å². The third-order valence-electron chi connectivity index (χ3n) is 3.33. The summed E-state index contributed by atoms with van der Waals surface area (Å²) in [5.74, 6) is 0.0374. The number of nitrogens with zero attached hydrogens (tertiary/aromatic N) is 2. The molecular formula is C17H13ClN2O4. The molecule has 0 fully saturated rings. The molecule has 0 atom stereocenters. The number of aromatic nitrogens is 2. The molecule has 3 aromatic rings. The maximum absolute atomic E-state index is 12.1. The number of fused-ring (bicyclic) bond motifs is 1. The number of halogens is 1. The molecule has 0 aliphatic heterocycles. The summed E-state index contributed by atoms with van der Waals surface area (Å²) in [5, 5.41) is 0.434. The van der Waals surface area contributed by atoms with E-state index in [9.17, 15) is 9.59 Å². The van der Waals surface area contributed by atoms with Gasteiger partial charge in [0, 0.05) is 12.3 Å². The van der Waals surface area contributed by atoms with Crippen molar-refractivity contribution in [2.45, 2.75) is 6.61 Å². The fourth-order valence-corrected chi connectivity index (χ4v) is 2.33. The predicted octanol–water partition coefficient (Wildman–Crippen LogP) is 2.71. The Balaban J connectivity index is 1.79. The minimum Gasteiger partial charge on any atom is -0.497 e. The maximum Gasteiger partial charge on any atom is 0.338 e. The van der Waals surface area contributed by atoms with E-state index in [0.717, 1.165) is 0 Å². The van der Waals surface area contributed by atoms with Gasteiger partial charge in [0.2, 0.25) is 0 Å². The molecule has 3 rings (SSSR count). The molecule has 1 aromatic carbocycles. The molecule has 6 nitrogen and oxygen atoms in total. The average Bonchev–Trinajstić information content (AvgIpc) is 2.60. The number of methoxy groups -OCH3 is 1. The second-order valence-electron chi connectivity index (χ2n) is 4.97. The number of hydrogen-bond acceptors (Lipinski definition) is 5. The summed E-state index contributed by atoms with van der Waals surface area (Å²) in [7, 11) is 1.52. The number of esters is 1. The minimum absolute atomic E-state index is 0.107. The van der Waals surface area contributed by atoms with E-state index in [0.29, 0.717) is 27.7 Å². The van der Waals surface area contributed by atoms with E-state index in [1.54, 1.807) is 36.4 Å². The van der Waals surface area contributed by atoms with Gasteiger partial charge in [-0.2, -0.15) is 0 Å². The second kappa shape index (κ2) is 6.72. The Labute approximate surface area is 142 Å². The van der Waals surface area contributed by atoms with Gasteiger partial charge in [-0.05, 0) is 30.3 Å². The quantitative estimate of drug-likeness (QED) is 0.681. The first-order valence-electron chi connectivity index (χ1n) is 7.06. The molecule has 0 aliphatic carbocycles. The molecule has 0 unspecified atom stereocenters. The van der Waals surface area contributed by atoms with E-state index in [1.807, 2.05) is 0 Å². The number of carbonyl (C=O) groups is 1. The van der Waals surface area contributed by atoms with Gasteiger partial charge in [-0.1, -0.05) is 17.7 Å². The van der Waals surface area contributed by atoms with Crippen molar-refractivity contribution in [3.05, 3.63) is 75.3 Å². The number of ether oxygens (including phenoxy) is 2. The first-order chi connectivity index (χ1) is 11.6. The third kappa shape index (κ3) is 3.38. The topological polar surface area (TPSA) is 69.9 Å². The molecule has 0 saturated carbocycles. The van der Waals surface area contributed by atoms with Crippen LogP contribution >= 0.6 is 11.6 Å². The van der Waals surface area contributed by atoms with Crippen LogP contribution in [0.2, 0.25) is 5.02 Å². The molecule has 0 N–H and O–H groups in total. The third-order valence-corrected chi connectivity index (χ3v) is 3.56. The highest BCUT2D eigenvalue weighted by Crippen LogP contribution is 2.14. The van der Waals surface area contributed by atoms with Gasteiger partial charge in [0.25, 0.3) is 5.56 Å². The van der Waals surface area contributed by atoms with Crippen LogP contribution in [-0.4, -0.2) is 22.5 Å². The molecule has 0 saturated heterocycles. The van der Waals surface area contributed by atoms with Gasteiger partial charge in [-0.25, -0.2) is 9.78 Å². The second-order valence-corrected chi connectivity index (χ2v) is 5.41. The SMILES string of the molecule is COc1cccc(C(=O)OCc2cc(=O)n3cc(Cl)ccc3n2)c1. The summed E-state index contributed by atoms with van der Waals surface area (Å²) in [4.78, 5) is 28.4. The van der Waals surface area contributed by atoms with Gasteiger partial charge in [-0.15, -0.1) is 0 Å². The van der Waals surface area contributed by atoms with E-state index < -0.39 is 5.97 Å². The summed E-state index contributed by atoms with van der Waals surface area (Å²) < 4.78 is 11.6. The van der Waals surface area contributed by atoms with Crippen LogP contribution < -0.4 is 10.3 Å². The van der Waals surface area contributed by atoms with Crippen molar-refractivity contribution in [2.24, 2.45) is 0 Å². The number of hydrogen-bond donors (Lipinski definition) is 0. The smallest absolute Gasteiger partial charge is 0.338 e. The summed E-state index contributed by atoms with van der Waals surface area (Å²) in [6.07, 6.45) is 1.48. The molecule has 122 valence electrons. The number of pyridine rings is 1. The van der Waals surface area contributed by atoms with Crippen LogP contribution in [0.25, 0.3) is 5.65 Å². The Hall–Kier alpha value is -2.86. The minimum atomic E-state index is -0.521. The predicted molar refractivity (Wildman–Crippen MR) is 88.6 cm³/mol. The van der Waals surface area contributed by atoms with Crippen LogP contribution in [0.3, 0.4) is 0 Å². The Kier molecular flexibility index (Phi) is 4.48. The highest BCUT2D eigenvalue weighted by molar-refractivity contribution is 6.30. The van der Waals surface area contributed by atoms with Crippen LogP contribution in [-0.2, 0) is 11.3 Å². The lowest BCUT2D eigenvalue weighted by atomic mass is 10.2. The van der Waals surface area contributed by atoms with Gasteiger partial charge >= 0.3 is 5.97 Å². The molecule has 0 bridgehead atoms. The van der Waals surface area contributed by atoms with Gasteiger partial charge in [-0.3, -0.25) is 9.20 Å². The molecule has 0 radical (unpaired) electrons. The molecule has 0 spiro atoms. The highest BCUT2D eigenvalue weighted by atomic mass is 35.5. The number of carbonyl (C=O) groups excluding carboxylic acids is 1. The summed E-state index contributed by atoms with van der Waals surface area (Å²) >= 11 is 5.86. The standard InChI is InChI=1S/C17H13ClN2O4/c1-23-14-4-2-3-11(7-14)17(22)24-10-13-8-16(21)20-9-12(18)5-6-15(20)19-13/h2-9H,10H2,1H3. The zero-order valence-corrected chi connectivity index (χ0v) is 13.5. The highest BCUT2D eigenvalue weighted by Gasteiger charge is 2.10. The first-order valence-corrected chi connectivity index (χ1v) is 7.43. The van der Waals surface area contributed by atoms with Gasteiger partial charge in [0.15, 0.2) is 0 Å². The average molecular weight is 345 g/mol.